The summed E-state index contributed by atoms with van der Waals surface area (Å²) >= 11 is 6.00. The van der Waals surface area contributed by atoms with Gasteiger partial charge in [0.2, 0.25) is 0 Å². The Hall–Kier alpha value is -1.75. The number of hydrogen-bond donors (Lipinski definition) is 0. The Morgan fingerprint density at radius 1 is 1.50 bits per heavy atom. The molecule has 1 saturated heterocycles. The molecule has 0 amide bonds. The van der Waals surface area contributed by atoms with Gasteiger partial charge in [-0.25, -0.2) is 15.0 Å². The van der Waals surface area contributed by atoms with Gasteiger partial charge in [-0.3, -0.25) is 4.79 Å². The maximum atomic E-state index is 10.7. The minimum atomic E-state index is 0.298. The second-order valence-electron chi connectivity index (χ2n) is 4.38. The van der Waals surface area contributed by atoms with Crippen LogP contribution in [0.2, 0.25) is 5.15 Å². The molecule has 18 heavy (non-hydrogen) atoms. The van der Waals surface area contributed by atoms with Gasteiger partial charge in [-0.05, 0) is 13.3 Å². The summed E-state index contributed by atoms with van der Waals surface area (Å²) in [6, 6.07) is 2.07. The Morgan fingerprint density at radius 2 is 2.33 bits per heavy atom. The lowest BCUT2D eigenvalue weighted by Gasteiger charge is -2.39. The Kier molecular flexibility index (Phi) is 2.63. The van der Waals surface area contributed by atoms with Crippen LogP contribution in [0.1, 0.15) is 23.8 Å². The Labute approximate surface area is 109 Å². The third-order valence-electron chi connectivity index (χ3n) is 3.21. The van der Waals surface area contributed by atoms with E-state index in [0.29, 0.717) is 34.2 Å². The number of anilines is 1. The molecule has 2 aromatic rings. The van der Waals surface area contributed by atoms with Crippen LogP contribution >= 0.6 is 11.6 Å². The predicted molar refractivity (Wildman–Crippen MR) is 69.2 cm³/mol. The zero-order valence-electron chi connectivity index (χ0n) is 9.80. The minimum Gasteiger partial charge on any atom is -0.352 e. The highest BCUT2D eigenvalue weighted by Crippen LogP contribution is 2.31. The Morgan fingerprint density at radius 3 is 2.94 bits per heavy atom. The third kappa shape index (κ3) is 1.71. The standard InChI is InChI=1S/C12H11ClN4O/c1-7-2-3-17(7)12-11-9(4-10(13)16-12)15-8(6-18)5-14-11/h4-7H,2-3H2,1H3. The van der Waals surface area contributed by atoms with Crippen molar-refractivity contribution in [2.75, 3.05) is 11.4 Å². The average Bonchev–Trinajstić information content (AvgIpc) is 2.36. The van der Waals surface area contributed by atoms with Crippen molar-refractivity contribution in [3.8, 4) is 0 Å². The van der Waals surface area contributed by atoms with Crippen molar-refractivity contribution in [2.45, 2.75) is 19.4 Å². The number of rotatable bonds is 2. The number of fused-ring (bicyclic) bond motifs is 1. The number of halogens is 1. The molecule has 92 valence electrons. The molecule has 0 aliphatic carbocycles. The SMILES string of the molecule is CC1CCN1c1nc(Cl)cc2nc(C=O)cnc12. The summed E-state index contributed by atoms with van der Waals surface area (Å²) in [6.07, 6.45) is 3.26. The van der Waals surface area contributed by atoms with Gasteiger partial charge in [0, 0.05) is 18.7 Å². The van der Waals surface area contributed by atoms with Crippen LogP contribution in [0.3, 0.4) is 0 Å². The van der Waals surface area contributed by atoms with E-state index in [-0.39, 0.29) is 0 Å². The van der Waals surface area contributed by atoms with Gasteiger partial charge in [0.25, 0.3) is 0 Å². The third-order valence-corrected chi connectivity index (χ3v) is 3.40. The number of hydrogen-bond acceptors (Lipinski definition) is 5. The summed E-state index contributed by atoms with van der Waals surface area (Å²) in [5, 5.41) is 0.369. The molecular formula is C12H11ClN4O. The fraction of sp³-hybridized carbons (Fsp3) is 0.333. The molecule has 3 rings (SSSR count). The molecule has 6 heteroatoms. The van der Waals surface area contributed by atoms with E-state index in [9.17, 15) is 4.79 Å². The van der Waals surface area contributed by atoms with Crippen molar-refractivity contribution in [3.63, 3.8) is 0 Å². The van der Waals surface area contributed by atoms with Crippen LogP contribution < -0.4 is 4.90 Å². The number of nitrogens with zero attached hydrogens (tertiary/aromatic N) is 4. The molecule has 1 unspecified atom stereocenters. The normalized spacial score (nSPS) is 18.8. The topological polar surface area (TPSA) is 59.0 Å². The van der Waals surface area contributed by atoms with Crippen LogP contribution in [-0.2, 0) is 0 Å². The Balaban J connectivity index is 2.21. The molecule has 0 saturated carbocycles. The first-order valence-electron chi connectivity index (χ1n) is 5.74. The Bertz CT molecular complexity index is 631. The molecule has 1 fully saturated rings. The average molecular weight is 263 g/mol. The number of carbonyl (C=O) groups is 1. The molecule has 1 aliphatic rings. The zero-order valence-corrected chi connectivity index (χ0v) is 10.6. The molecule has 2 aromatic heterocycles. The van der Waals surface area contributed by atoms with Crippen LogP contribution in [0.4, 0.5) is 5.82 Å². The fourth-order valence-electron chi connectivity index (χ4n) is 2.08. The predicted octanol–water partition coefficient (Wildman–Crippen LogP) is 2.09. The molecule has 5 nitrogen and oxygen atoms in total. The quantitative estimate of drug-likeness (QED) is 0.613. The number of carbonyl (C=O) groups excluding carboxylic acids is 1. The maximum Gasteiger partial charge on any atom is 0.170 e. The van der Waals surface area contributed by atoms with E-state index < -0.39 is 0 Å². The van der Waals surface area contributed by atoms with E-state index in [1.165, 1.54) is 6.20 Å². The van der Waals surface area contributed by atoms with Crippen molar-refractivity contribution in [2.24, 2.45) is 0 Å². The summed E-state index contributed by atoms with van der Waals surface area (Å²) in [5.41, 5.74) is 1.60. The van der Waals surface area contributed by atoms with Crippen molar-refractivity contribution in [3.05, 3.63) is 23.1 Å². The van der Waals surface area contributed by atoms with Gasteiger partial charge < -0.3 is 4.90 Å². The van der Waals surface area contributed by atoms with Crippen LogP contribution in [0.5, 0.6) is 0 Å². The minimum absolute atomic E-state index is 0.298. The second-order valence-corrected chi connectivity index (χ2v) is 4.77. The van der Waals surface area contributed by atoms with Crippen molar-refractivity contribution in [1.29, 1.82) is 0 Å². The lowest BCUT2D eigenvalue weighted by molar-refractivity contribution is 0.111. The molecule has 0 radical (unpaired) electrons. The van der Waals surface area contributed by atoms with Gasteiger partial charge in [0.05, 0.1) is 11.7 Å². The second kappa shape index (κ2) is 4.17. The van der Waals surface area contributed by atoms with Gasteiger partial charge in [0.1, 0.15) is 16.4 Å². The smallest absolute Gasteiger partial charge is 0.170 e. The van der Waals surface area contributed by atoms with Crippen LogP contribution in [0.25, 0.3) is 11.0 Å². The molecule has 0 N–H and O–H groups in total. The van der Waals surface area contributed by atoms with Crippen molar-refractivity contribution in [1.82, 2.24) is 15.0 Å². The van der Waals surface area contributed by atoms with E-state index in [2.05, 4.69) is 26.8 Å². The maximum absolute atomic E-state index is 10.7. The summed E-state index contributed by atoms with van der Waals surface area (Å²) in [5.74, 6) is 0.751. The fourth-order valence-corrected chi connectivity index (χ4v) is 2.26. The van der Waals surface area contributed by atoms with Crippen molar-refractivity contribution < 1.29 is 4.79 Å². The summed E-state index contributed by atoms with van der Waals surface area (Å²) in [7, 11) is 0. The van der Waals surface area contributed by atoms with Gasteiger partial charge in [-0.2, -0.15) is 0 Å². The van der Waals surface area contributed by atoms with Crippen LogP contribution in [-0.4, -0.2) is 33.8 Å². The lowest BCUT2D eigenvalue weighted by Crippen LogP contribution is -2.46. The van der Waals surface area contributed by atoms with Crippen LogP contribution in [0, 0.1) is 0 Å². The van der Waals surface area contributed by atoms with E-state index >= 15 is 0 Å². The summed E-state index contributed by atoms with van der Waals surface area (Å²) in [6.45, 7) is 3.08. The van der Waals surface area contributed by atoms with Gasteiger partial charge in [0.15, 0.2) is 12.1 Å². The van der Waals surface area contributed by atoms with E-state index in [1.54, 1.807) is 6.07 Å². The lowest BCUT2D eigenvalue weighted by atomic mass is 10.1. The molecular weight excluding hydrogens is 252 g/mol. The van der Waals surface area contributed by atoms with Crippen molar-refractivity contribution >= 4 is 34.7 Å². The van der Waals surface area contributed by atoms with E-state index in [1.807, 2.05) is 0 Å². The highest BCUT2D eigenvalue weighted by molar-refractivity contribution is 6.30. The first kappa shape index (κ1) is 11.3. The molecule has 1 atom stereocenters. The molecule has 1 aliphatic heterocycles. The highest BCUT2D eigenvalue weighted by Gasteiger charge is 2.27. The van der Waals surface area contributed by atoms with E-state index in [0.717, 1.165) is 18.8 Å². The molecule has 0 aromatic carbocycles. The van der Waals surface area contributed by atoms with Gasteiger partial charge >= 0.3 is 0 Å². The first-order chi connectivity index (χ1) is 8.69. The number of pyridine rings is 1. The van der Waals surface area contributed by atoms with Crippen LogP contribution in [0.15, 0.2) is 12.3 Å². The zero-order chi connectivity index (χ0) is 12.7. The van der Waals surface area contributed by atoms with Gasteiger partial charge in [-0.1, -0.05) is 11.6 Å². The number of aromatic nitrogens is 3. The summed E-state index contributed by atoms with van der Waals surface area (Å²) in [4.78, 5) is 25.7. The monoisotopic (exact) mass is 262 g/mol. The van der Waals surface area contributed by atoms with E-state index in [4.69, 9.17) is 11.6 Å². The molecule has 0 bridgehead atoms. The summed E-state index contributed by atoms with van der Waals surface area (Å²) < 4.78 is 0. The largest absolute Gasteiger partial charge is 0.352 e. The number of aldehydes is 1. The first-order valence-corrected chi connectivity index (χ1v) is 6.12. The molecule has 0 spiro atoms. The highest BCUT2D eigenvalue weighted by atomic mass is 35.5. The molecule has 3 heterocycles. The van der Waals surface area contributed by atoms with Gasteiger partial charge in [-0.15, -0.1) is 0 Å².